The number of likely N-dealkylation sites (tertiary alicyclic amines) is 1. The third-order valence-corrected chi connectivity index (χ3v) is 2.92. The zero-order valence-electron chi connectivity index (χ0n) is 8.77. The topological polar surface area (TPSA) is 3.24 Å². The number of nitrogens with zero attached hydrogens (tertiary/aromatic N) is 1. The van der Waals surface area contributed by atoms with Crippen molar-refractivity contribution >= 4 is 0 Å². The third-order valence-electron chi connectivity index (χ3n) is 2.92. The molecule has 0 aromatic rings. The lowest BCUT2D eigenvalue weighted by Crippen LogP contribution is -2.32. The molecule has 1 saturated heterocycles. The van der Waals surface area contributed by atoms with Crippen molar-refractivity contribution in [3.63, 3.8) is 0 Å². The van der Waals surface area contributed by atoms with Crippen LogP contribution >= 0.6 is 0 Å². The molecule has 0 N–H and O–H groups in total. The van der Waals surface area contributed by atoms with Crippen LogP contribution < -0.4 is 0 Å². The van der Waals surface area contributed by atoms with Gasteiger partial charge in [0.15, 0.2) is 0 Å². The molecule has 1 aliphatic rings. The predicted molar refractivity (Wildman–Crippen MR) is 57.4 cm³/mol. The number of hydrogen-bond donors (Lipinski definition) is 0. The first-order chi connectivity index (χ1) is 6.15. The fraction of sp³-hybridized carbons (Fsp3) is 0.583. The van der Waals surface area contributed by atoms with E-state index in [1.165, 1.54) is 24.1 Å². The van der Waals surface area contributed by atoms with Gasteiger partial charge in [0.1, 0.15) is 0 Å². The van der Waals surface area contributed by atoms with Crippen molar-refractivity contribution in [1.29, 1.82) is 0 Å². The van der Waals surface area contributed by atoms with E-state index < -0.39 is 0 Å². The lowest BCUT2D eigenvalue weighted by molar-refractivity contribution is 0.247. The van der Waals surface area contributed by atoms with E-state index in [9.17, 15) is 0 Å². The Morgan fingerprint density at radius 1 is 1.31 bits per heavy atom. The Bertz CT molecular complexity index is 238. The molecule has 1 heterocycles. The summed E-state index contributed by atoms with van der Waals surface area (Å²) in [4.78, 5) is 2.35. The van der Waals surface area contributed by atoms with Crippen LogP contribution in [0.25, 0.3) is 0 Å². The summed E-state index contributed by atoms with van der Waals surface area (Å²) >= 11 is 0. The van der Waals surface area contributed by atoms with Crippen LogP contribution in [0.2, 0.25) is 0 Å². The Hall–Kier alpha value is -0.940. The molecule has 0 bridgehead atoms. The maximum atomic E-state index is 4.02. The van der Waals surface area contributed by atoms with Crippen molar-refractivity contribution in [2.24, 2.45) is 5.92 Å². The highest BCUT2D eigenvalue weighted by molar-refractivity contribution is 5.02. The minimum absolute atomic E-state index is 0.730. The van der Waals surface area contributed by atoms with Crippen molar-refractivity contribution < 1.29 is 0 Å². The molecular formula is C12H19N. The Morgan fingerprint density at radius 2 is 1.85 bits per heavy atom. The van der Waals surface area contributed by atoms with E-state index >= 15 is 0 Å². The van der Waals surface area contributed by atoms with Gasteiger partial charge in [-0.2, -0.15) is 0 Å². The smallest absolute Gasteiger partial charge is 0.0526 e. The first kappa shape index (κ1) is 10.1. The van der Waals surface area contributed by atoms with Gasteiger partial charge < -0.3 is 4.90 Å². The number of hydrogen-bond acceptors (Lipinski definition) is 1. The zero-order valence-corrected chi connectivity index (χ0v) is 8.77. The molecule has 1 fully saturated rings. The molecule has 0 unspecified atom stereocenters. The second-order valence-electron chi connectivity index (χ2n) is 3.87. The number of piperidine rings is 1. The van der Waals surface area contributed by atoms with E-state index in [1.54, 1.807) is 0 Å². The van der Waals surface area contributed by atoms with Gasteiger partial charge in [0.2, 0.25) is 0 Å². The van der Waals surface area contributed by atoms with Crippen molar-refractivity contribution in [2.75, 3.05) is 13.1 Å². The Morgan fingerprint density at radius 3 is 2.23 bits per heavy atom. The van der Waals surface area contributed by atoms with E-state index in [-0.39, 0.29) is 0 Å². The Balaban J connectivity index is 2.48. The van der Waals surface area contributed by atoms with Gasteiger partial charge in [-0.1, -0.05) is 18.7 Å². The minimum atomic E-state index is 0.730. The van der Waals surface area contributed by atoms with Crippen LogP contribution in [0, 0.1) is 5.92 Å². The second-order valence-corrected chi connectivity index (χ2v) is 3.87. The van der Waals surface area contributed by atoms with E-state index in [0.29, 0.717) is 0 Å². The molecule has 0 aliphatic carbocycles. The monoisotopic (exact) mass is 177 g/mol. The molecule has 13 heavy (non-hydrogen) atoms. The normalized spacial score (nSPS) is 18.2. The van der Waals surface area contributed by atoms with Gasteiger partial charge in [0, 0.05) is 13.1 Å². The lowest BCUT2D eigenvalue weighted by atomic mass is 9.91. The Labute approximate surface area is 81.4 Å². The fourth-order valence-electron chi connectivity index (χ4n) is 1.82. The largest absolute Gasteiger partial charge is 0.369 e. The minimum Gasteiger partial charge on any atom is -0.369 e. The van der Waals surface area contributed by atoms with Crippen molar-refractivity contribution in [3.8, 4) is 0 Å². The molecule has 0 aromatic carbocycles. The molecule has 0 amide bonds. The van der Waals surface area contributed by atoms with Gasteiger partial charge in [0.05, 0.1) is 5.70 Å². The summed E-state index contributed by atoms with van der Waals surface area (Å²) in [6.45, 7) is 14.2. The molecule has 0 atom stereocenters. The number of allylic oxidation sites excluding steroid dienone is 2. The first-order valence-corrected chi connectivity index (χ1v) is 4.92. The summed E-state index contributed by atoms with van der Waals surface area (Å²) in [6, 6.07) is 0. The molecule has 1 rings (SSSR count). The molecule has 1 nitrogen and oxygen atoms in total. The van der Waals surface area contributed by atoms with Gasteiger partial charge in [-0.05, 0) is 32.6 Å². The summed E-state index contributed by atoms with van der Waals surface area (Å²) in [7, 11) is 0. The van der Waals surface area contributed by atoms with Crippen molar-refractivity contribution in [1.82, 2.24) is 4.90 Å². The summed E-state index contributed by atoms with van der Waals surface area (Å²) in [6.07, 6.45) is 2.46. The van der Waals surface area contributed by atoms with E-state index in [0.717, 1.165) is 19.0 Å². The fourth-order valence-corrected chi connectivity index (χ4v) is 1.82. The highest BCUT2D eigenvalue weighted by atomic mass is 15.1. The maximum Gasteiger partial charge on any atom is 0.0526 e. The molecule has 0 aromatic heterocycles. The predicted octanol–water partition coefficient (Wildman–Crippen LogP) is 2.96. The van der Waals surface area contributed by atoms with Crippen LogP contribution in [-0.2, 0) is 0 Å². The average molecular weight is 177 g/mol. The summed E-state index contributed by atoms with van der Waals surface area (Å²) in [5, 5.41) is 0. The summed E-state index contributed by atoms with van der Waals surface area (Å²) in [5.41, 5.74) is 5.46. The molecular weight excluding hydrogens is 158 g/mol. The van der Waals surface area contributed by atoms with Crippen molar-refractivity contribution in [3.05, 3.63) is 30.2 Å². The SMILES string of the molecule is C=C=C(C)N1CCC(C(=C)C)CC1. The maximum absolute atomic E-state index is 4.02. The molecule has 0 radical (unpaired) electrons. The average Bonchev–Trinajstić information content (AvgIpc) is 2.17. The molecule has 1 heteroatoms. The highest BCUT2D eigenvalue weighted by Gasteiger charge is 2.18. The quantitative estimate of drug-likeness (QED) is 0.463. The van der Waals surface area contributed by atoms with Gasteiger partial charge in [-0.25, -0.2) is 0 Å². The first-order valence-electron chi connectivity index (χ1n) is 4.92. The van der Waals surface area contributed by atoms with Gasteiger partial charge in [0.25, 0.3) is 0 Å². The molecule has 72 valence electrons. The van der Waals surface area contributed by atoms with Crippen LogP contribution in [0.15, 0.2) is 30.2 Å². The third kappa shape index (κ3) is 2.50. The van der Waals surface area contributed by atoms with Gasteiger partial charge in [-0.3, -0.25) is 0 Å². The van der Waals surface area contributed by atoms with Crippen LogP contribution in [0.3, 0.4) is 0 Å². The Kier molecular flexibility index (Phi) is 3.39. The summed E-state index contributed by atoms with van der Waals surface area (Å²) < 4.78 is 0. The van der Waals surface area contributed by atoms with Gasteiger partial charge in [-0.15, -0.1) is 5.73 Å². The summed E-state index contributed by atoms with van der Waals surface area (Å²) in [5.74, 6) is 0.730. The number of rotatable bonds is 2. The van der Waals surface area contributed by atoms with E-state index in [4.69, 9.17) is 0 Å². The van der Waals surface area contributed by atoms with Crippen molar-refractivity contribution in [2.45, 2.75) is 26.7 Å². The van der Waals surface area contributed by atoms with Gasteiger partial charge >= 0.3 is 0 Å². The van der Waals surface area contributed by atoms with Crippen LogP contribution in [0.5, 0.6) is 0 Å². The van der Waals surface area contributed by atoms with E-state index in [1.807, 2.05) is 0 Å². The van der Waals surface area contributed by atoms with Crippen LogP contribution in [-0.4, -0.2) is 18.0 Å². The highest BCUT2D eigenvalue weighted by Crippen LogP contribution is 2.24. The van der Waals surface area contributed by atoms with Crippen LogP contribution in [0.4, 0.5) is 0 Å². The molecule has 0 spiro atoms. The molecule has 1 aliphatic heterocycles. The molecule has 0 saturated carbocycles. The zero-order chi connectivity index (χ0) is 9.84. The van der Waals surface area contributed by atoms with Crippen LogP contribution in [0.1, 0.15) is 26.7 Å². The lowest BCUT2D eigenvalue weighted by Gasteiger charge is -2.33. The second kappa shape index (κ2) is 4.34. The van der Waals surface area contributed by atoms with E-state index in [2.05, 4.69) is 37.6 Å². The standard InChI is InChI=1S/C12H19N/c1-5-11(4)13-8-6-12(7-9-13)10(2)3/h12H,1-2,6-9H2,3-4H3.